The Bertz CT molecular complexity index is 1320. The SMILES string of the molecule is COC1CCC(CC(=O)NO)(N(C(=O)C(F)(F)F)c2ccc(OCc3cc(C)nc4ccccc34)cc2)CO1. The van der Waals surface area contributed by atoms with Crippen LogP contribution in [0.1, 0.15) is 30.5 Å². The highest BCUT2D eigenvalue weighted by molar-refractivity contribution is 5.99. The van der Waals surface area contributed by atoms with Crippen molar-refractivity contribution >= 4 is 28.4 Å². The van der Waals surface area contributed by atoms with E-state index in [0.717, 1.165) is 22.2 Å². The van der Waals surface area contributed by atoms with E-state index in [2.05, 4.69) is 4.98 Å². The molecule has 0 spiro atoms. The number of pyridine rings is 1. The molecule has 0 radical (unpaired) electrons. The minimum Gasteiger partial charge on any atom is -0.489 e. The van der Waals surface area contributed by atoms with E-state index in [9.17, 15) is 22.8 Å². The number of benzene rings is 2. The van der Waals surface area contributed by atoms with Crippen LogP contribution in [0.2, 0.25) is 0 Å². The van der Waals surface area contributed by atoms with Crippen LogP contribution in [0.25, 0.3) is 10.9 Å². The Morgan fingerprint density at radius 1 is 1.21 bits per heavy atom. The smallest absolute Gasteiger partial charge is 0.471 e. The van der Waals surface area contributed by atoms with Crippen LogP contribution in [0.3, 0.4) is 0 Å². The van der Waals surface area contributed by atoms with Crippen molar-refractivity contribution in [3.8, 4) is 5.75 Å². The zero-order valence-corrected chi connectivity index (χ0v) is 21.3. The second kappa shape index (κ2) is 11.6. The Hall–Kier alpha value is -3.74. The maximum atomic E-state index is 13.8. The van der Waals surface area contributed by atoms with Gasteiger partial charge in [-0.25, -0.2) is 5.48 Å². The number of methoxy groups -OCH3 is 1. The number of fused-ring (bicyclic) bond motifs is 1. The molecule has 1 saturated heterocycles. The fourth-order valence-corrected chi connectivity index (χ4v) is 4.81. The van der Waals surface area contributed by atoms with Crippen molar-refractivity contribution in [2.75, 3.05) is 18.6 Å². The van der Waals surface area contributed by atoms with Crippen LogP contribution in [-0.2, 0) is 25.7 Å². The number of alkyl halides is 3. The average molecular weight is 548 g/mol. The van der Waals surface area contributed by atoms with Crippen molar-refractivity contribution in [1.29, 1.82) is 0 Å². The summed E-state index contributed by atoms with van der Waals surface area (Å²) in [6, 6.07) is 15.0. The largest absolute Gasteiger partial charge is 0.489 e. The minimum atomic E-state index is -5.24. The number of amides is 2. The lowest BCUT2D eigenvalue weighted by Gasteiger charge is -2.47. The number of aryl methyl sites for hydroxylation is 1. The van der Waals surface area contributed by atoms with E-state index in [4.69, 9.17) is 19.4 Å². The molecule has 1 aliphatic rings. The average Bonchev–Trinajstić information content (AvgIpc) is 2.92. The predicted molar refractivity (Wildman–Crippen MR) is 134 cm³/mol. The summed E-state index contributed by atoms with van der Waals surface area (Å²) in [6.07, 6.45) is -6.50. The molecule has 2 N–H and O–H groups in total. The number of ether oxygens (including phenoxy) is 3. The molecule has 1 aromatic heterocycles. The van der Waals surface area contributed by atoms with Crippen molar-refractivity contribution in [3.05, 3.63) is 65.9 Å². The third-order valence-electron chi connectivity index (χ3n) is 6.60. The summed E-state index contributed by atoms with van der Waals surface area (Å²) in [6.45, 7) is 1.63. The fourth-order valence-electron chi connectivity index (χ4n) is 4.81. The summed E-state index contributed by atoms with van der Waals surface area (Å²) in [5.41, 5.74) is 2.10. The van der Waals surface area contributed by atoms with Gasteiger partial charge < -0.3 is 14.2 Å². The number of anilines is 1. The fraction of sp³-hybridized carbons (Fsp3) is 0.370. The Kier molecular flexibility index (Phi) is 8.38. The summed E-state index contributed by atoms with van der Waals surface area (Å²) in [7, 11) is 1.38. The van der Waals surface area contributed by atoms with Gasteiger partial charge in [-0.05, 0) is 49.7 Å². The standard InChI is InChI=1S/C27H28F3N3O6/c1-17-13-18(21-5-3-4-6-22(21)31-17)15-38-20-9-7-19(8-10-20)33(25(35)27(28,29)30)26(14-23(34)32-36)12-11-24(37-2)39-16-26/h3-10,13,24,36H,11-12,14-16H2,1-2H3,(H,32,34). The van der Waals surface area contributed by atoms with Gasteiger partial charge in [-0.2, -0.15) is 13.2 Å². The topological polar surface area (TPSA) is 110 Å². The number of hydrogen-bond donors (Lipinski definition) is 2. The number of carbonyl (C=O) groups is 2. The number of halogens is 3. The first-order valence-corrected chi connectivity index (χ1v) is 12.1. The molecule has 9 nitrogen and oxygen atoms in total. The molecule has 39 heavy (non-hydrogen) atoms. The number of rotatable bonds is 8. The molecule has 0 aliphatic carbocycles. The number of nitrogens with one attached hydrogen (secondary N) is 1. The van der Waals surface area contributed by atoms with Crippen molar-refractivity contribution in [2.45, 2.75) is 50.8 Å². The predicted octanol–water partition coefficient (Wildman–Crippen LogP) is 4.43. The van der Waals surface area contributed by atoms with E-state index < -0.39 is 42.8 Å². The summed E-state index contributed by atoms with van der Waals surface area (Å²) in [5, 5.41) is 10.0. The molecule has 208 valence electrons. The second-order valence-electron chi connectivity index (χ2n) is 9.31. The second-order valence-corrected chi connectivity index (χ2v) is 9.31. The number of nitrogens with zero attached hydrogens (tertiary/aromatic N) is 2. The van der Waals surface area contributed by atoms with Crippen molar-refractivity contribution in [1.82, 2.24) is 10.5 Å². The first kappa shape index (κ1) is 28.3. The van der Waals surface area contributed by atoms with Gasteiger partial charge in [-0.3, -0.25) is 24.7 Å². The van der Waals surface area contributed by atoms with Crippen molar-refractivity contribution < 1.29 is 42.2 Å². The van der Waals surface area contributed by atoms with Gasteiger partial charge in [0.25, 0.3) is 0 Å². The normalized spacial score (nSPS) is 19.5. The summed E-state index contributed by atoms with van der Waals surface area (Å²) < 4.78 is 57.9. The molecule has 0 saturated carbocycles. The molecule has 2 atom stereocenters. The number of para-hydroxylation sites is 1. The van der Waals surface area contributed by atoms with E-state index in [1.54, 1.807) is 0 Å². The van der Waals surface area contributed by atoms with Gasteiger partial charge in [0, 0.05) is 35.9 Å². The first-order chi connectivity index (χ1) is 18.6. The molecular weight excluding hydrogens is 519 g/mol. The van der Waals surface area contributed by atoms with E-state index >= 15 is 0 Å². The minimum absolute atomic E-state index is 0.0481. The van der Waals surface area contributed by atoms with Gasteiger partial charge in [-0.15, -0.1) is 0 Å². The third kappa shape index (κ3) is 6.29. The first-order valence-electron chi connectivity index (χ1n) is 12.1. The summed E-state index contributed by atoms with van der Waals surface area (Å²) >= 11 is 0. The quantitative estimate of drug-likeness (QED) is 0.317. The highest BCUT2D eigenvalue weighted by Crippen LogP contribution is 2.39. The van der Waals surface area contributed by atoms with Crippen molar-refractivity contribution in [3.63, 3.8) is 0 Å². The molecule has 3 aromatic rings. The van der Waals surface area contributed by atoms with Gasteiger partial charge in [0.2, 0.25) is 5.91 Å². The molecule has 4 rings (SSSR count). The highest BCUT2D eigenvalue weighted by Gasteiger charge is 2.53. The Morgan fingerprint density at radius 2 is 1.92 bits per heavy atom. The molecule has 2 unspecified atom stereocenters. The maximum absolute atomic E-state index is 13.8. The lowest BCUT2D eigenvalue weighted by molar-refractivity contribution is -0.183. The van der Waals surface area contributed by atoms with Crippen LogP contribution in [0.4, 0.5) is 18.9 Å². The molecule has 2 aromatic carbocycles. The Balaban J connectivity index is 1.63. The van der Waals surface area contributed by atoms with E-state index in [-0.39, 0.29) is 25.1 Å². The molecule has 12 heteroatoms. The molecule has 1 aliphatic heterocycles. The Morgan fingerprint density at radius 3 is 2.54 bits per heavy atom. The van der Waals surface area contributed by atoms with E-state index in [0.29, 0.717) is 10.6 Å². The lowest BCUT2D eigenvalue weighted by Crippen LogP contribution is -2.62. The van der Waals surface area contributed by atoms with Crippen molar-refractivity contribution in [2.24, 2.45) is 0 Å². The molecule has 0 bridgehead atoms. The van der Waals surface area contributed by atoms with Gasteiger partial charge in [0.1, 0.15) is 12.4 Å². The van der Waals surface area contributed by atoms with Crippen LogP contribution in [0.15, 0.2) is 54.6 Å². The van der Waals surface area contributed by atoms with Crippen LogP contribution >= 0.6 is 0 Å². The Labute approximate surface area is 222 Å². The van der Waals surface area contributed by atoms with Crippen LogP contribution < -0.4 is 15.1 Å². The molecule has 2 amide bonds. The van der Waals surface area contributed by atoms with E-state index in [1.807, 2.05) is 37.3 Å². The monoisotopic (exact) mass is 547 g/mol. The van der Waals surface area contributed by atoms with Crippen LogP contribution in [0.5, 0.6) is 5.75 Å². The third-order valence-corrected chi connectivity index (χ3v) is 6.60. The van der Waals surface area contributed by atoms with Crippen LogP contribution in [0, 0.1) is 6.92 Å². The lowest BCUT2D eigenvalue weighted by atomic mass is 9.85. The number of aromatic nitrogens is 1. The number of carbonyl (C=O) groups excluding carboxylic acids is 2. The van der Waals surface area contributed by atoms with Gasteiger partial charge in [0.05, 0.1) is 24.1 Å². The molecular formula is C27H28F3N3O6. The van der Waals surface area contributed by atoms with Gasteiger partial charge in [-0.1, -0.05) is 18.2 Å². The molecule has 1 fully saturated rings. The van der Waals surface area contributed by atoms with Gasteiger partial charge >= 0.3 is 12.1 Å². The highest BCUT2D eigenvalue weighted by atomic mass is 19.4. The zero-order chi connectivity index (χ0) is 28.2. The maximum Gasteiger partial charge on any atom is 0.471 e. The summed E-state index contributed by atoms with van der Waals surface area (Å²) in [4.78, 5) is 29.9. The summed E-state index contributed by atoms with van der Waals surface area (Å²) in [5.74, 6) is -2.77. The van der Waals surface area contributed by atoms with E-state index in [1.165, 1.54) is 36.9 Å². The van der Waals surface area contributed by atoms with Crippen LogP contribution in [-0.4, -0.2) is 53.7 Å². The zero-order valence-electron chi connectivity index (χ0n) is 21.3. The number of hydroxylamine groups is 1. The number of hydrogen-bond acceptors (Lipinski definition) is 7. The van der Waals surface area contributed by atoms with Gasteiger partial charge in [0.15, 0.2) is 6.29 Å². The molecule has 2 heterocycles.